The van der Waals surface area contributed by atoms with Gasteiger partial charge in [-0.05, 0) is 50.5 Å². The fraction of sp³-hybridized carbons (Fsp3) is 0.600. The van der Waals surface area contributed by atoms with Crippen LogP contribution in [0.2, 0.25) is 0 Å². The average molecular weight is 328 g/mol. The minimum absolute atomic E-state index is 0.0735. The molecule has 1 aromatic rings. The maximum Gasteiger partial charge on any atom is 0.223 e. The summed E-state index contributed by atoms with van der Waals surface area (Å²) in [4.78, 5) is 26.6. The molecule has 0 aromatic heterocycles. The zero-order valence-corrected chi connectivity index (χ0v) is 14.5. The number of amides is 2. The van der Waals surface area contributed by atoms with Gasteiger partial charge in [-0.25, -0.2) is 0 Å². The van der Waals surface area contributed by atoms with Crippen molar-refractivity contribution in [2.45, 2.75) is 51.5 Å². The van der Waals surface area contributed by atoms with Crippen molar-refractivity contribution in [3.63, 3.8) is 0 Å². The second-order valence-electron chi connectivity index (χ2n) is 7.28. The van der Waals surface area contributed by atoms with E-state index in [0.717, 1.165) is 19.3 Å². The molecule has 1 atom stereocenters. The van der Waals surface area contributed by atoms with Gasteiger partial charge in [0, 0.05) is 31.5 Å². The van der Waals surface area contributed by atoms with Crippen molar-refractivity contribution in [1.82, 2.24) is 10.2 Å². The normalized spacial score (nSPS) is 19.8. The molecule has 1 heterocycles. The number of hydrogen-bond donors (Lipinski definition) is 1. The summed E-state index contributed by atoms with van der Waals surface area (Å²) in [5, 5.41) is 3.16. The van der Waals surface area contributed by atoms with E-state index in [2.05, 4.69) is 24.4 Å². The van der Waals surface area contributed by atoms with E-state index in [0.29, 0.717) is 31.5 Å². The summed E-state index contributed by atoms with van der Waals surface area (Å²) in [6, 6.07) is 10.4. The van der Waals surface area contributed by atoms with Gasteiger partial charge in [-0.1, -0.05) is 30.3 Å². The molecule has 2 fully saturated rings. The van der Waals surface area contributed by atoms with E-state index < -0.39 is 0 Å². The Labute approximate surface area is 144 Å². The van der Waals surface area contributed by atoms with Crippen molar-refractivity contribution in [3.8, 4) is 0 Å². The summed E-state index contributed by atoms with van der Waals surface area (Å²) in [6.45, 7) is 3.53. The van der Waals surface area contributed by atoms with Crippen molar-refractivity contribution in [3.05, 3.63) is 35.9 Å². The predicted molar refractivity (Wildman–Crippen MR) is 94.4 cm³/mol. The lowest BCUT2D eigenvalue weighted by atomic mass is 9.95. The van der Waals surface area contributed by atoms with Crippen molar-refractivity contribution < 1.29 is 9.59 Å². The molecule has 1 N–H and O–H groups in total. The van der Waals surface area contributed by atoms with E-state index in [1.807, 2.05) is 23.1 Å². The third kappa shape index (κ3) is 4.59. The van der Waals surface area contributed by atoms with Crippen LogP contribution in [0.15, 0.2) is 30.3 Å². The molecule has 0 radical (unpaired) electrons. The van der Waals surface area contributed by atoms with Crippen LogP contribution in [0, 0.1) is 11.8 Å². The van der Waals surface area contributed by atoms with Gasteiger partial charge in [0.15, 0.2) is 0 Å². The smallest absolute Gasteiger partial charge is 0.223 e. The number of rotatable bonds is 6. The summed E-state index contributed by atoms with van der Waals surface area (Å²) < 4.78 is 0. The average Bonchev–Trinajstić information content (AvgIpc) is 3.46. The lowest BCUT2D eigenvalue weighted by Gasteiger charge is -2.32. The minimum Gasteiger partial charge on any atom is -0.353 e. The van der Waals surface area contributed by atoms with Gasteiger partial charge >= 0.3 is 0 Å². The first-order valence-electron chi connectivity index (χ1n) is 9.25. The first kappa shape index (κ1) is 17.0. The molecule has 1 saturated carbocycles. The summed E-state index contributed by atoms with van der Waals surface area (Å²) >= 11 is 0. The van der Waals surface area contributed by atoms with Crippen molar-refractivity contribution in [2.24, 2.45) is 11.8 Å². The number of nitrogens with zero attached hydrogens (tertiary/aromatic N) is 1. The number of nitrogens with one attached hydrogen (secondary N) is 1. The van der Waals surface area contributed by atoms with Crippen molar-refractivity contribution in [2.75, 3.05) is 13.1 Å². The molecule has 0 unspecified atom stereocenters. The summed E-state index contributed by atoms with van der Waals surface area (Å²) in [5.74, 6) is 1.16. The topological polar surface area (TPSA) is 49.4 Å². The Hall–Kier alpha value is -1.84. The number of carbonyl (C=O) groups excluding carboxylic acids is 2. The van der Waals surface area contributed by atoms with Crippen LogP contribution in [0.4, 0.5) is 0 Å². The summed E-state index contributed by atoms with van der Waals surface area (Å²) in [5.41, 5.74) is 1.20. The van der Waals surface area contributed by atoms with Gasteiger partial charge in [-0.15, -0.1) is 0 Å². The van der Waals surface area contributed by atoms with Gasteiger partial charge in [0.2, 0.25) is 11.8 Å². The molecular weight excluding hydrogens is 300 g/mol. The highest BCUT2D eigenvalue weighted by Crippen LogP contribution is 2.32. The highest BCUT2D eigenvalue weighted by atomic mass is 16.2. The number of hydrogen-bond acceptors (Lipinski definition) is 2. The quantitative estimate of drug-likeness (QED) is 0.873. The largest absolute Gasteiger partial charge is 0.353 e. The molecule has 2 aliphatic rings. The second-order valence-corrected chi connectivity index (χ2v) is 7.28. The lowest BCUT2D eigenvalue weighted by molar-refractivity contribution is -0.135. The molecule has 0 bridgehead atoms. The van der Waals surface area contributed by atoms with E-state index in [1.165, 1.54) is 18.4 Å². The number of likely N-dealkylation sites (tertiary alicyclic amines) is 1. The zero-order chi connectivity index (χ0) is 16.9. The molecule has 0 spiro atoms. The lowest BCUT2D eigenvalue weighted by Crippen LogP contribution is -2.45. The molecule has 1 saturated heterocycles. The second kappa shape index (κ2) is 7.82. The minimum atomic E-state index is 0.0735. The van der Waals surface area contributed by atoms with Gasteiger partial charge < -0.3 is 10.2 Å². The van der Waals surface area contributed by atoms with Gasteiger partial charge in [-0.2, -0.15) is 0 Å². The standard InChI is InChI=1S/C20H28N2O2/c1-15(17-8-9-17)21-20(24)18-11-13-22(14-12-18)19(23)10-7-16-5-3-2-4-6-16/h2-6,15,17-18H,7-14H2,1H3,(H,21,24)/t15-/m0/s1. The number of benzene rings is 1. The Balaban J connectivity index is 1.39. The van der Waals surface area contributed by atoms with Gasteiger partial charge in [0.1, 0.15) is 0 Å². The van der Waals surface area contributed by atoms with Crippen LogP contribution in [-0.4, -0.2) is 35.8 Å². The molecule has 2 amide bonds. The van der Waals surface area contributed by atoms with Crippen LogP contribution >= 0.6 is 0 Å². The van der Waals surface area contributed by atoms with Crippen LogP contribution in [-0.2, 0) is 16.0 Å². The zero-order valence-electron chi connectivity index (χ0n) is 14.5. The molecule has 1 aliphatic carbocycles. The Morgan fingerprint density at radius 3 is 2.42 bits per heavy atom. The maximum atomic E-state index is 12.3. The third-order valence-corrected chi connectivity index (χ3v) is 5.39. The number of aryl methyl sites for hydroxylation is 1. The van der Waals surface area contributed by atoms with Crippen LogP contribution in [0.1, 0.15) is 44.6 Å². The number of carbonyl (C=O) groups is 2. The summed E-state index contributed by atoms with van der Waals surface area (Å²) in [6.07, 6.45) is 5.42. The van der Waals surface area contributed by atoms with E-state index in [-0.39, 0.29) is 17.7 Å². The van der Waals surface area contributed by atoms with Crippen molar-refractivity contribution in [1.29, 1.82) is 0 Å². The van der Waals surface area contributed by atoms with Gasteiger partial charge in [0.05, 0.1) is 0 Å². The molecule has 3 rings (SSSR count). The highest BCUT2D eigenvalue weighted by Gasteiger charge is 2.32. The van der Waals surface area contributed by atoms with E-state index in [4.69, 9.17) is 0 Å². The van der Waals surface area contributed by atoms with Crippen molar-refractivity contribution >= 4 is 11.8 Å². The predicted octanol–water partition coefficient (Wildman–Crippen LogP) is 2.77. The van der Waals surface area contributed by atoms with Crippen LogP contribution in [0.25, 0.3) is 0 Å². The Bertz CT molecular complexity index is 560. The fourth-order valence-electron chi connectivity index (χ4n) is 3.50. The van der Waals surface area contributed by atoms with Crippen LogP contribution in [0.3, 0.4) is 0 Å². The monoisotopic (exact) mass is 328 g/mol. The van der Waals surface area contributed by atoms with E-state index in [9.17, 15) is 9.59 Å². The van der Waals surface area contributed by atoms with Crippen LogP contribution in [0.5, 0.6) is 0 Å². The molecule has 130 valence electrons. The molecule has 24 heavy (non-hydrogen) atoms. The molecular formula is C20H28N2O2. The highest BCUT2D eigenvalue weighted by molar-refractivity contribution is 5.80. The maximum absolute atomic E-state index is 12.3. The van der Waals surface area contributed by atoms with Gasteiger partial charge in [0.25, 0.3) is 0 Å². The van der Waals surface area contributed by atoms with E-state index >= 15 is 0 Å². The first-order valence-corrected chi connectivity index (χ1v) is 9.25. The molecule has 1 aliphatic heterocycles. The molecule has 4 heteroatoms. The van der Waals surface area contributed by atoms with Crippen LogP contribution < -0.4 is 5.32 Å². The van der Waals surface area contributed by atoms with E-state index in [1.54, 1.807) is 0 Å². The Morgan fingerprint density at radius 2 is 1.79 bits per heavy atom. The van der Waals surface area contributed by atoms with Gasteiger partial charge in [-0.3, -0.25) is 9.59 Å². The Kier molecular flexibility index (Phi) is 5.54. The number of piperidine rings is 1. The Morgan fingerprint density at radius 1 is 1.12 bits per heavy atom. The fourth-order valence-corrected chi connectivity index (χ4v) is 3.50. The first-order chi connectivity index (χ1) is 11.6. The third-order valence-electron chi connectivity index (χ3n) is 5.39. The summed E-state index contributed by atoms with van der Waals surface area (Å²) in [7, 11) is 0. The SMILES string of the molecule is C[C@H](NC(=O)C1CCN(C(=O)CCc2ccccc2)CC1)C1CC1. The molecule has 1 aromatic carbocycles. The molecule has 4 nitrogen and oxygen atoms in total.